The number of ether oxygens (including phenoxy) is 2. The minimum absolute atomic E-state index is 0.0291. The number of nitrogens with zero attached hydrogens (tertiary/aromatic N) is 2. The van der Waals surface area contributed by atoms with Gasteiger partial charge in [0.15, 0.2) is 0 Å². The largest absolute Gasteiger partial charge is 0.497 e. The molecule has 168 valence electrons. The van der Waals surface area contributed by atoms with Crippen LogP contribution >= 0.6 is 0 Å². The second-order valence-electron chi connectivity index (χ2n) is 8.15. The lowest BCUT2D eigenvalue weighted by Gasteiger charge is -2.24. The molecule has 1 heterocycles. The first-order chi connectivity index (χ1) is 15.0. The Labute approximate surface area is 186 Å². The number of carbonyl (C=O) groups is 1. The standard InChI is InChI=1S/C25H35N3O3/c1-19-8-5-6-9-21(19)18-27-12-7-13-28(15-14-27)25(29)17-26-20(2)23-16-22(30-3)10-11-24(23)31-4/h5-6,8-11,16,20,26H,7,12-15,17-18H2,1-4H3. The molecular weight excluding hydrogens is 390 g/mol. The summed E-state index contributed by atoms with van der Waals surface area (Å²) in [6, 6.07) is 14.2. The molecule has 1 saturated heterocycles. The van der Waals surface area contributed by atoms with E-state index in [4.69, 9.17) is 9.47 Å². The van der Waals surface area contributed by atoms with Crippen LogP contribution in [-0.4, -0.2) is 62.7 Å². The Hall–Kier alpha value is -2.57. The van der Waals surface area contributed by atoms with Gasteiger partial charge in [-0.15, -0.1) is 0 Å². The van der Waals surface area contributed by atoms with Crippen molar-refractivity contribution in [3.8, 4) is 11.5 Å². The van der Waals surface area contributed by atoms with Gasteiger partial charge in [0.05, 0.1) is 20.8 Å². The predicted octanol–water partition coefficient (Wildman–Crippen LogP) is 3.40. The highest BCUT2D eigenvalue weighted by Crippen LogP contribution is 2.29. The molecule has 1 fully saturated rings. The lowest BCUT2D eigenvalue weighted by Crippen LogP contribution is -2.41. The molecule has 1 aliphatic rings. The van der Waals surface area contributed by atoms with Crippen molar-refractivity contribution >= 4 is 5.91 Å². The highest BCUT2D eigenvalue weighted by Gasteiger charge is 2.21. The Morgan fingerprint density at radius 2 is 1.87 bits per heavy atom. The first kappa shape index (κ1) is 23.1. The SMILES string of the molecule is COc1ccc(OC)c(C(C)NCC(=O)N2CCCN(Cc3ccccc3C)CC2)c1. The number of benzene rings is 2. The van der Waals surface area contributed by atoms with Gasteiger partial charge in [0, 0.05) is 44.3 Å². The Morgan fingerprint density at radius 1 is 1.06 bits per heavy atom. The summed E-state index contributed by atoms with van der Waals surface area (Å²) in [6.45, 7) is 8.94. The molecule has 0 aromatic heterocycles. The van der Waals surface area contributed by atoms with Crippen LogP contribution in [-0.2, 0) is 11.3 Å². The third kappa shape index (κ3) is 6.21. The maximum atomic E-state index is 12.9. The van der Waals surface area contributed by atoms with Crippen molar-refractivity contribution in [1.82, 2.24) is 15.1 Å². The number of hydrogen-bond donors (Lipinski definition) is 1. The zero-order valence-corrected chi connectivity index (χ0v) is 19.2. The summed E-state index contributed by atoms with van der Waals surface area (Å²) in [5.41, 5.74) is 3.67. The lowest BCUT2D eigenvalue weighted by molar-refractivity contribution is -0.130. The van der Waals surface area contributed by atoms with Crippen LogP contribution in [0.2, 0.25) is 0 Å². The number of carbonyl (C=O) groups excluding carboxylic acids is 1. The topological polar surface area (TPSA) is 54.0 Å². The Kier molecular flexibility index (Phi) is 8.32. The van der Waals surface area contributed by atoms with E-state index >= 15 is 0 Å². The number of amides is 1. The Balaban J connectivity index is 1.52. The number of rotatable bonds is 8. The van der Waals surface area contributed by atoms with Crippen molar-refractivity contribution in [2.24, 2.45) is 0 Å². The molecule has 3 rings (SSSR count). The lowest BCUT2D eigenvalue weighted by atomic mass is 10.1. The van der Waals surface area contributed by atoms with Crippen molar-refractivity contribution in [2.45, 2.75) is 32.9 Å². The van der Waals surface area contributed by atoms with Gasteiger partial charge in [-0.25, -0.2) is 0 Å². The van der Waals surface area contributed by atoms with E-state index in [9.17, 15) is 4.79 Å². The maximum Gasteiger partial charge on any atom is 0.236 e. The van der Waals surface area contributed by atoms with E-state index in [1.165, 1.54) is 11.1 Å². The fraction of sp³-hybridized carbons (Fsp3) is 0.480. The second-order valence-corrected chi connectivity index (χ2v) is 8.15. The summed E-state index contributed by atoms with van der Waals surface area (Å²) in [4.78, 5) is 17.3. The third-order valence-corrected chi connectivity index (χ3v) is 6.06. The van der Waals surface area contributed by atoms with Crippen LogP contribution in [0, 0.1) is 6.92 Å². The molecule has 1 aliphatic heterocycles. The van der Waals surface area contributed by atoms with Crippen LogP contribution in [0.15, 0.2) is 42.5 Å². The first-order valence-corrected chi connectivity index (χ1v) is 11.0. The van der Waals surface area contributed by atoms with Gasteiger partial charge in [-0.05, 0) is 49.6 Å². The van der Waals surface area contributed by atoms with Crippen LogP contribution in [0.4, 0.5) is 0 Å². The fourth-order valence-electron chi connectivity index (χ4n) is 4.05. The third-order valence-electron chi connectivity index (χ3n) is 6.06. The van der Waals surface area contributed by atoms with E-state index in [-0.39, 0.29) is 11.9 Å². The summed E-state index contributed by atoms with van der Waals surface area (Å²) in [6.07, 6.45) is 0.997. The zero-order chi connectivity index (χ0) is 22.2. The molecule has 1 amide bonds. The van der Waals surface area contributed by atoms with Gasteiger partial charge in [0.25, 0.3) is 0 Å². The van der Waals surface area contributed by atoms with Gasteiger partial charge in [-0.1, -0.05) is 24.3 Å². The second kappa shape index (κ2) is 11.2. The highest BCUT2D eigenvalue weighted by molar-refractivity contribution is 5.78. The molecule has 0 saturated carbocycles. The van der Waals surface area contributed by atoms with E-state index in [2.05, 4.69) is 41.4 Å². The van der Waals surface area contributed by atoms with Crippen molar-refractivity contribution in [3.63, 3.8) is 0 Å². The van der Waals surface area contributed by atoms with E-state index < -0.39 is 0 Å². The van der Waals surface area contributed by atoms with Crippen molar-refractivity contribution in [3.05, 3.63) is 59.2 Å². The summed E-state index contributed by atoms with van der Waals surface area (Å²) < 4.78 is 10.8. The molecule has 31 heavy (non-hydrogen) atoms. The van der Waals surface area contributed by atoms with Gasteiger partial charge in [-0.3, -0.25) is 9.69 Å². The zero-order valence-electron chi connectivity index (χ0n) is 19.2. The Morgan fingerprint density at radius 3 is 2.61 bits per heavy atom. The van der Waals surface area contributed by atoms with Crippen molar-refractivity contribution in [1.29, 1.82) is 0 Å². The molecule has 0 spiro atoms. The van der Waals surface area contributed by atoms with Gasteiger partial charge < -0.3 is 19.7 Å². The van der Waals surface area contributed by atoms with E-state index in [0.717, 1.165) is 56.2 Å². The average Bonchev–Trinajstić information content (AvgIpc) is 3.04. The molecule has 2 aromatic carbocycles. The number of methoxy groups -OCH3 is 2. The van der Waals surface area contributed by atoms with Crippen LogP contribution in [0.25, 0.3) is 0 Å². The van der Waals surface area contributed by atoms with Gasteiger partial charge in [0.1, 0.15) is 11.5 Å². The fourth-order valence-corrected chi connectivity index (χ4v) is 4.05. The van der Waals surface area contributed by atoms with Crippen LogP contribution in [0.1, 0.15) is 36.1 Å². The van der Waals surface area contributed by atoms with Gasteiger partial charge >= 0.3 is 0 Å². The predicted molar refractivity (Wildman–Crippen MR) is 124 cm³/mol. The highest BCUT2D eigenvalue weighted by atomic mass is 16.5. The molecule has 0 aliphatic carbocycles. The first-order valence-electron chi connectivity index (χ1n) is 11.0. The molecule has 1 unspecified atom stereocenters. The Bertz CT molecular complexity index is 871. The van der Waals surface area contributed by atoms with Crippen LogP contribution < -0.4 is 14.8 Å². The molecule has 2 aromatic rings. The van der Waals surface area contributed by atoms with Gasteiger partial charge in [-0.2, -0.15) is 0 Å². The molecule has 1 atom stereocenters. The molecule has 0 radical (unpaired) electrons. The van der Waals surface area contributed by atoms with E-state index in [1.807, 2.05) is 30.0 Å². The smallest absolute Gasteiger partial charge is 0.236 e. The van der Waals surface area contributed by atoms with Crippen molar-refractivity contribution < 1.29 is 14.3 Å². The molecule has 1 N–H and O–H groups in total. The molecule has 6 nitrogen and oxygen atoms in total. The van der Waals surface area contributed by atoms with Crippen molar-refractivity contribution in [2.75, 3.05) is 46.9 Å². The van der Waals surface area contributed by atoms with E-state index in [0.29, 0.717) is 6.54 Å². The summed E-state index contributed by atoms with van der Waals surface area (Å²) in [5.74, 6) is 1.71. The molecule has 0 bridgehead atoms. The minimum atomic E-state index is -0.0291. The van der Waals surface area contributed by atoms with Gasteiger partial charge in [0.2, 0.25) is 5.91 Å². The summed E-state index contributed by atoms with van der Waals surface area (Å²) >= 11 is 0. The summed E-state index contributed by atoms with van der Waals surface area (Å²) in [5, 5.41) is 3.36. The van der Waals surface area contributed by atoms with E-state index in [1.54, 1.807) is 14.2 Å². The average molecular weight is 426 g/mol. The molecule has 6 heteroatoms. The van der Waals surface area contributed by atoms with Crippen LogP contribution in [0.3, 0.4) is 0 Å². The monoisotopic (exact) mass is 425 g/mol. The number of nitrogens with one attached hydrogen (secondary N) is 1. The number of hydrogen-bond acceptors (Lipinski definition) is 5. The normalized spacial score (nSPS) is 15.9. The summed E-state index contributed by atoms with van der Waals surface area (Å²) in [7, 11) is 3.30. The maximum absolute atomic E-state index is 12.9. The molecular formula is C25H35N3O3. The minimum Gasteiger partial charge on any atom is -0.497 e. The number of aryl methyl sites for hydroxylation is 1. The quantitative estimate of drug-likeness (QED) is 0.703. The van der Waals surface area contributed by atoms with Crippen LogP contribution in [0.5, 0.6) is 11.5 Å².